The van der Waals surface area contributed by atoms with Crippen LogP contribution in [-0.2, 0) is 0 Å². The fourth-order valence-electron chi connectivity index (χ4n) is 4.09. The van der Waals surface area contributed by atoms with Crippen molar-refractivity contribution < 1.29 is 9.53 Å². The Balaban J connectivity index is 1.35. The van der Waals surface area contributed by atoms with Crippen molar-refractivity contribution in [2.24, 2.45) is 0 Å². The van der Waals surface area contributed by atoms with Crippen LogP contribution >= 0.6 is 11.3 Å². The molecule has 1 unspecified atom stereocenters. The lowest BCUT2D eigenvalue weighted by atomic mass is 10.2. The summed E-state index contributed by atoms with van der Waals surface area (Å²) in [6.07, 6.45) is 5.79. The molecule has 0 saturated carbocycles. The quantitative estimate of drug-likeness (QED) is 0.644. The number of fused-ring (bicyclic) bond motifs is 1. The second-order valence-electron chi connectivity index (χ2n) is 7.52. The number of likely N-dealkylation sites (N-methyl/N-ethyl adjacent to an activating group) is 1. The van der Waals surface area contributed by atoms with Gasteiger partial charge in [-0.15, -0.1) is 11.3 Å². The minimum Gasteiger partial charge on any atom is -0.490 e. The largest absolute Gasteiger partial charge is 0.490 e. The molecule has 0 spiro atoms. The average Bonchev–Trinajstić information content (AvgIpc) is 3.46. The summed E-state index contributed by atoms with van der Waals surface area (Å²) in [6.45, 7) is 2.97. The smallest absolute Gasteiger partial charge is 0.329 e. The Morgan fingerprint density at radius 3 is 2.97 bits per heavy atom. The van der Waals surface area contributed by atoms with Crippen molar-refractivity contribution in [3.8, 4) is 5.75 Å². The molecule has 2 saturated heterocycles. The van der Waals surface area contributed by atoms with Gasteiger partial charge < -0.3 is 9.64 Å². The number of hydrogen-bond donors (Lipinski definition) is 0. The molecule has 2 amide bonds. The van der Waals surface area contributed by atoms with Crippen LogP contribution in [-0.4, -0.2) is 60.2 Å². The molecule has 8 heteroatoms. The number of hydrogen-bond acceptors (Lipinski definition) is 6. The van der Waals surface area contributed by atoms with Crippen molar-refractivity contribution >= 4 is 39.0 Å². The maximum absolute atomic E-state index is 13.2. The summed E-state index contributed by atoms with van der Waals surface area (Å²) < 4.78 is 7.22. The number of rotatable bonds is 5. The van der Waals surface area contributed by atoms with Gasteiger partial charge >= 0.3 is 6.03 Å². The molecule has 7 nitrogen and oxygen atoms in total. The fraction of sp³-hybridized carbons (Fsp3) is 0.381. The number of aromatic nitrogens is 2. The van der Waals surface area contributed by atoms with E-state index in [1.54, 1.807) is 33.5 Å². The topological polar surface area (TPSA) is 61.8 Å². The Kier molecular flexibility index (Phi) is 4.81. The van der Waals surface area contributed by atoms with E-state index in [2.05, 4.69) is 21.9 Å². The first-order valence-electron chi connectivity index (χ1n) is 9.90. The van der Waals surface area contributed by atoms with Crippen LogP contribution < -0.4 is 14.5 Å². The third-order valence-corrected chi connectivity index (χ3v) is 6.58. The molecule has 2 aliphatic rings. The second kappa shape index (κ2) is 7.61. The van der Waals surface area contributed by atoms with Crippen LogP contribution in [0.25, 0.3) is 10.2 Å². The van der Waals surface area contributed by atoms with E-state index in [0.29, 0.717) is 31.5 Å². The molecule has 0 N–H and O–H groups in total. The summed E-state index contributed by atoms with van der Waals surface area (Å²) in [5.41, 5.74) is 4.42. The average molecular weight is 410 g/mol. The lowest BCUT2D eigenvalue weighted by Crippen LogP contribution is -2.33. The van der Waals surface area contributed by atoms with Gasteiger partial charge in [0.2, 0.25) is 0 Å². The molecule has 2 fully saturated rings. The number of likely N-dealkylation sites (tertiary alicyclic amines) is 1. The molecule has 3 aromatic rings. The number of benzene rings is 1. The number of ether oxygens (including phenoxy) is 1. The standard InChI is InChI=1S/C21H23N5O2S/c1-24-8-2-3-16(24)13-28-19-6-7-22-12-18(19)26-10-9-25(21(26)27)15-4-5-17-20(11-15)29-14-23-17/h4-7,11-12,14,16H,2-3,8-10,13H2,1H3. The lowest BCUT2D eigenvalue weighted by molar-refractivity contribution is 0.198. The van der Waals surface area contributed by atoms with Crippen LogP contribution in [0, 0.1) is 0 Å². The molecular formula is C21H23N5O2S. The fourth-order valence-corrected chi connectivity index (χ4v) is 4.80. The zero-order valence-corrected chi connectivity index (χ0v) is 17.1. The van der Waals surface area contributed by atoms with E-state index in [0.717, 1.165) is 34.6 Å². The van der Waals surface area contributed by atoms with Gasteiger partial charge in [-0.3, -0.25) is 14.8 Å². The highest BCUT2D eigenvalue weighted by atomic mass is 32.1. The zero-order valence-electron chi connectivity index (χ0n) is 16.3. The molecule has 150 valence electrons. The Morgan fingerprint density at radius 2 is 2.10 bits per heavy atom. The number of pyridine rings is 1. The minimum absolute atomic E-state index is 0.0512. The van der Waals surface area contributed by atoms with Gasteiger partial charge in [-0.2, -0.15) is 0 Å². The van der Waals surface area contributed by atoms with Crippen molar-refractivity contribution in [2.75, 3.05) is 43.1 Å². The molecule has 0 radical (unpaired) electrons. The van der Waals surface area contributed by atoms with Crippen molar-refractivity contribution in [1.82, 2.24) is 14.9 Å². The van der Waals surface area contributed by atoms with Crippen LogP contribution in [0.5, 0.6) is 5.75 Å². The molecule has 1 aromatic carbocycles. The Labute approximate surface area is 173 Å². The van der Waals surface area contributed by atoms with Crippen LogP contribution in [0.2, 0.25) is 0 Å². The van der Waals surface area contributed by atoms with Crippen LogP contribution in [0.3, 0.4) is 0 Å². The molecule has 0 aliphatic carbocycles. The number of thiazole rings is 1. The van der Waals surface area contributed by atoms with E-state index in [9.17, 15) is 4.79 Å². The third-order valence-electron chi connectivity index (χ3n) is 5.79. The molecular weight excluding hydrogens is 386 g/mol. The first kappa shape index (κ1) is 18.3. The summed E-state index contributed by atoms with van der Waals surface area (Å²) in [7, 11) is 2.14. The van der Waals surface area contributed by atoms with Crippen LogP contribution in [0.1, 0.15) is 12.8 Å². The molecule has 29 heavy (non-hydrogen) atoms. The predicted molar refractivity (Wildman–Crippen MR) is 115 cm³/mol. The SMILES string of the molecule is CN1CCCC1COc1ccncc1N1CCN(c2ccc3ncsc3c2)C1=O. The highest BCUT2D eigenvalue weighted by Crippen LogP contribution is 2.33. The number of urea groups is 1. The summed E-state index contributed by atoms with van der Waals surface area (Å²) in [5, 5.41) is 0. The second-order valence-corrected chi connectivity index (χ2v) is 8.41. The van der Waals surface area contributed by atoms with E-state index in [-0.39, 0.29) is 6.03 Å². The lowest BCUT2D eigenvalue weighted by Gasteiger charge is -2.23. The monoisotopic (exact) mass is 409 g/mol. The third kappa shape index (κ3) is 3.42. The molecule has 4 heterocycles. The van der Waals surface area contributed by atoms with Gasteiger partial charge in [-0.25, -0.2) is 9.78 Å². The number of carbonyl (C=O) groups is 1. The van der Waals surface area contributed by atoms with E-state index in [1.807, 2.05) is 29.8 Å². The Hall–Kier alpha value is -2.71. The van der Waals surface area contributed by atoms with E-state index >= 15 is 0 Å². The first-order chi connectivity index (χ1) is 14.2. The number of amides is 2. The van der Waals surface area contributed by atoms with Gasteiger partial charge in [0.1, 0.15) is 18.0 Å². The van der Waals surface area contributed by atoms with Crippen molar-refractivity contribution in [2.45, 2.75) is 18.9 Å². The Morgan fingerprint density at radius 1 is 1.21 bits per heavy atom. The van der Waals surface area contributed by atoms with Gasteiger partial charge in [-0.1, -0.05) is 0 Å². The van der Waals surface area contributed by atoms with Crippen molar-refractivity contribution in [3.05, 3.63) is 42.2 Å². The number of carbonyl (C=O) groups excluding carboxylic acids is 1. The number of anilines is 2. The maximum atomic E-state index is 13.2. The summed E-state index contributed by atoms with van der Waals surface area (Å²) in [6, 6.07) is 8.18. The highest BCUT2D eigenvalue weighted by molar-refractivity contribution is 7.16. The van der Waals surface area contributed by atoms with E-state index in [4.69, 9.17) is 4.74 Å². The molecule has 0 bridgehead atoms. The van der Waals surface area contributed by atoms with Gasteiger partial charge in [0.05, 0.1) is 21.9 Å². The van der Waals surface area contributed by atoms with Gasteiger partial charge in [0.25, 0.3) is 0 Å². The Bertz CT molecular complexity index is 1040. The van der Waals surface area contributed by atoms with Gasteiger partial charge in [0.15, 0.2) is 0 Å². The number of nitrogens with zero attached hydrogens (tertiary/aromatic N) is 5. The highest BCUT2D eigenvalue weighted by Gasteiger charge is 2.33. The normalized spacial score (nSPS) is 20.2. The molecule has 5 rings (SSSR count). The van der Waals surface area contributed by atoms with Gasteiger partial charge in [-0.05, 0) is 44.6 Å². The summed E-state index contributed by atoms with van der Waals surface area (Å²) >= 11 is 1.58. The maximum Gasteiger partial charge on any atom is 0.329 e. The zero-order chi connectivity index (χ0) is 19.8. The first-order valence-corrected chi connectivity index (χ1v) is 10.8. The molecule has 2 aromatic heterocycles. The molecule has 1 atom stereocenters. The van der Waals surface area contributed by atoms with E-state index in [1.165, 1.54) is 6.42 Å². The summed E-state index contributed by atoms with van der Waals surface area (Å²) in [5.74, 6) is 0.716. The summed E-state index contributed by atoms with van der Waals surface area (Å²) in [4.78, 5) is 27.6. The van der Waals surface area contributed by atoms with Crippen molar-refractivity contribution in [1.29, 1.82) is 0 Å². The minimum atomic E-state index is -0.0512. The van der Waals surface area contributed by atoms with Gasteiger partial charge in [0, 0.05) is 37.1 Å². The predicted octanol–water partition coefficient (Wildman–Crippen LogP) is 3.61. The van der Waals surface area contributed by atoms with Crippen LogP contribution in [0.4, 0.5) is 16.2 Å². The van der Waals surface area contributed by atoms with Crippen molar-refractivity contribution in [3.63, 3.8) is 0 Å². The molecule has 2 aliphatic heterocycles. The van der Waals surface area contributed by atoms with E-state index < -0.39 is 0 Å². The van der Waals surface area contributed by atoms with Crippen LogP contribution in [0.15, 0.2) is 42.2 Å².